The van der Waals surface area contributed by atoms with Crippen molar-refractivity contribution in [3.63, 3.8) is 0 Å². The van der Waals surface area contributed by atoms with E-state index < -0.39 is 17.0 Å². The molecule has 0 spiro atoms. The van der Waals surface area contributed by atoms with Crippen molar-refractivity contribution < 1.29 is 13.6 Å². The van der Waals surface area contributed by atoms with Gasteiger partial charge >= 0.3 is 0 Å². The van der Waals surface area contributed by atoms with E-state index in [-0.39, 0.29) is 5.91 Å². The van der Waals surface area contributed by atoms with Crippen LogP contribution in [0.4, 0.5) is 8.78 Å². The first-order valence-electron chi connectivity index (χ1n) is 9.65. The molecule has 1 aliphatic carbocycles. The maximum absolute atomic E-state index is 14.1. The fourth-order valence-corrected chi connectivity index (χ4v) is 4.17. The van der Waals surface area contributed by atoms with E-state index in [4.69, 9.17) is 0 Å². The number of likely N-dealkylation sites (tertiary alicyclic amines) is 1. The summed E-state index contributed by atoms with van der Waals surface area (Å²) in [5, 5.41) is 7.30. The largest absolute Gasteiger partial charge is 0.337 e. The van der Waals surface area contributed by atoms with Gasteiger partial charge in [-0.1, -0.05) is 48.6 Å². The molecule has 146 valence electrons. The Labute approximate surface area is 166 Å². The minimum atomic E-state index is -0.879. The summed E-state index contributed by atoms with van der Waals surface area (Å²) in [7, 11) is 0. The molecule has 2 aromatic carbocycles. The summed E-state index contributed by atoms with van der Waals surface area (Å²) in [6.07, 6.45) is 5.33. The van der Waals surface area contributed by atoms with E-state index in [0.717, 1.165) is 42.4 Å². The van der Waals surface area contributed by atoms with Gasteiger partial charge in [-0.2, -0.15) is 5.10 Å². The molecule has 1 aliphatic heterocycles. The van der Waals surface area contributed by atoms with Crippen LogP contribution in [0.1, 0.15) is 39.3 Å². The number of fused-ring (bicyclic) bond motifs is 1. The van der Waals surface area contributed by atoms with Crippen LogP contribution in [0.15, 0.2) is 54.6 Å². The highest BCUT2D eigenvalue weighted by Crippen LogP contribution is 2.42. The third-order valence-electron chi connectivity index (χ3n) is 5.94. The van der Waals surface area contributed by atoms with Crippen LogP contribution in [0.25, 0.3) is 6.08 Å². The minimum absolute atomic E-state index is 0.0709. The molecule has 5 rings (SSSR count). The zero-order valence-corrected chi connectivity index (χ0v) is 15.7. The predicted octanol–water partition coefficient (Wildman–Crippen LogP) is 4.09. The highest BCUT2D eigenvalue weighted by Gasteiger charge is 2.38. The number of H-pyrrole nitrogens is 1. The number of carbonyl (C=O) groups excluding carboxylic acids is 1. The number of rotatable bonds is 3. The number of benzene rings is 2. The summed E-state index contributed by atoms with van der Waals surface area (Å²) in [5.74, 6) is -1.82. The van der Waals surface area contributed by atoms with Crippen molar-refractivity contribution in [1.29, 1.82) is 0 Å². The number of hydrogen-bond acceptors (Lipinski definition) is 2. The molecule has 0 radical (unpaired) electrons. The van der Waals surface area contributed by atoms with E-state index >= 15 is 0 Å². The van der Waals surface area contributed by atoms with Crippen molar-refractivity contribution in [1.82, 2.24) is 15.1 Å². The van der Waals surface area contributed by atoms with Crippen molar-refractivity contribution in [2.75, 3.05) is 13.1 Å². The molecule has 3 aromatic rings. The van der Waals surface area contributed by atoms with Crippen LogP contribution in [0.5, 0.6) is 0 Å². The standard InChI is InChI=1S/C23H19F2N3O/c24-18-8-7-16(13-19(18)25)23(15-5-2-1-3-6-15)10-9-17-20(14-23)26-27-21(17)22(29)28-11-4-12-28/h1-3,5-10,13H,4,11-12,14H2,(H,26,27). The third kappa shape index (κ3) is 2.78. The van der Waals surface area contributed by atoms with Crippen molar-refractivity contribution in [3.8, 4) is 0 Å². The molecule has 0 bridgehead atoms. The first kappa shape index (κ1) is 17.8. The van der Waals surface area contributed by atoms with E-state index in [1.54, 1.807) is 11.0 Å². The molecule has 2 aliphatic rings. The van der Waals surface area contributed by atoms with Gasteiger partial charge in [0.15, 0.2) is 17.3 Å². The lowest BCUT2D eigenvalue weighted by Crippen LogP contribution is -2.42. The van der Waals surface area contributed by atoms with Gasteiger partial charge < -0.3 is 4.90 Å². The number of halogens is 2. The van der Waals surface area contributed by atoms with E-state index in [0.29, 0.717) is 17.7 Å². The summed E-state index contributed by atoms with van der Waals surface area (Å²) in [4.78, 5) is 14.4. The Bertz CT molecular complexity index is 1120. The van der Waals surface area contributed by atoms with Gasteiger partial charge in [-0.25, -0.2) is 8.78 Å². The fraction of sp³-hybridized carbons (Fsp3) is 0.217. The highest BCUT2D eigenvalue weighted by molar-refractivity contribution is 5.97. The minimum Gasteiger partial charge on any atom is -0.337 e. The molecule has 2 heterocycles. The molecule has 1 fully saturated rings. The van der Waals surface area contributed by atoms with Crippen LogP contribution in [0, 0.1) is 11.6 Å². The number of amides is 1. The van der Waals surface area contributed by atoms with Crippen LogP contribution in [-0.2, 0) is 11.8 Å². The molecule has 1 aromatic heterocycles. The first-order valence-corrected chi connectivity index (χ1v) is 9.65. The molecular formula is C23H19F2N3O. The Balaban J connectivity index is 1.62. The van der Waals surface area contributed by atoms with Crippen LogP contribution >= 0.6 is 0 Å². The van der Waals surface area contributed by atoms with Gasteiger partial charge in [0.25, 0.3) is 5.91 Å². The molecule has 1 unspecified atom stereocenters. The SMILES string of the molecule is O=C(c1n[nH]c2c1C=CC(c1ccccc1)(c1ccc(F)c(F)c1)C2)N1CCC1. The van der Waals surface area contributed by atoms with E-state index in [1.165, 1.54) is 6.07 Å². The number of nitrogens with zero attached hydrogens (tertiary/aromatic N) is 2. The number of allylic oxidation sites excluding steroid dienone is 1. The number of hydrogen-bond donors (Lipinski definition) is 1. The van der Waals surface area contributed by atoms with Crippen molar-refractivity contribution in [2.45, 2.75) is 18.3 Å². The molecule has 1 amide bonds. The van der Waals surface area contributed by atoms with E-state index in [9.17, 15) is 13.6 Å². The monoisotopic (exact) mass is 391 g/mol. The molecule has 1 N–H and O–H groups in total. The second-order valence-electron chi connectivity index (χ2n) is 7.59. The molecule has 1 atom stereocenters. The lowest BCUT2D eigenvalue weighted by atomic mass is 9.68. The summed E-state index contributed by atoms with van der Waals surface area (Å²) in [5.41, 5.74) is 2.92. The summed E-state index contributed by atoms with van der Waals surface area (Å²) < 4.78 is 27.7. The quantitative estimate of drug-likeness (QED) is 0.731. The van der Waals surface area contributed by atoms with Gasteiger partial charge in [-0.3, -0.25) is 9.89 Å². The second kappa shape index (κ2) is 6.65. The van der Waals surface area contributed by atoms with Crippen LogP contribution in [0.3, 0.4) is 0 Å². The normalized spacial score (nSPS) is 20.3. The maximum Gasteiger partial charge on any atom is 0.274 e. The number of aromatic nitrogens is 2. The molecule has 1 saturated heterocycles. The molecular weight excluding hydrogens is 372 g/mol. The Morgan fingerprint density at radius 1 is 1.03 bits per heavy atom. The topological polar surface area (TPSA) is 49.0 Å². The van der Waals surface area contributed by atoms with Gasteiger partial charge in [-0.05, 0) is 29.7 Å². The van der Waals surface area contributed by atoms with Gasteiger partial charge in [0.1, 0.15) is 0 Å². The van der Waals surface area contributed by atoms with E-state index in [1.807, 2.05) is 42.5 Å². The van der Waals surface area contributed by atoms with Crippen molar-refractivity contribution in [2.24, 2.45) is 0 Å². The van der Waals surface area contributed by atoms with Gasteiger partial charge in [0, 0.05) is 36.2 Å². The Hall–Kier alpha value is -3.28. The third-order valence-corrected chi connectivity index (χ3v) is 5.94. The highest BCUT2D eigenvalue weighted by atomic mass is 19.2. The smallest absolute Gasteiger partial charge is 0.274 e. The summed E-state index contributed by atoms with van der Waals surface area (Å²) in [6, 6.07) is 13.7. The number of aromatic amines is 1. The lowest BCUT2D eigenvalue weighted by Gasteiger charge is -2.35. The maximum atomic E-state index is 14.1. The van der Waals surface area contributed by atoms with Gasteiger partial charge in [0.05, 0.1) is 0 Å². The average molecular weight is 391 g/mol. The second-order valence-corrected chi connectivity index (χ2v) is 7.59. The summed E-state index contributed by atoms with van der Waals surface area (Å²) >= 11 is 0. The zero-order chi connectivity index (χ0) is 20.0. The molecule has 4 nitrogen and oxygen atoms in total. The first-order chi connectivity index (χ1) is 14.1. The van der Waals surface area contributed by atoms with Crippen molar-refractivity contribution in [3.05, 3.63) is 94.3 Å². The fourth-order valence-electron chi connectivity index (χ4n) is 4.17. The van der Waals surface area contributed by atoms with Crippen LogP contribution in [0.2, 0.25) is 0 Å². The van der Waals surface area contributed by atoms with Gasteiger partial charge in [0.2, 0.25) is 0 Å². The van der Waals surface area contributed by atoms with Crippen LogP contribution < -0.4 is 0 Å². The number of nitrogens with one attached hydrogen (secondary N) is 1. The summed E-state index contributed by atoms with van der Waals surface area (Å²) in [6.45, 7) is 1.51. The van der Waals surface area contributed by atoms with Crippen LogP contribution in [-0.4, -0.2) is 34.1 Å². The Kier molecular flexibility index (Phi) is 4.08. The van der Waals surface area contributed by atoms with Crippen molar-refractivity contribution >= 4 is 12.0 Å². The van der Waals surface area contributed by atoms with Gasteiger partial charge in [-0.15, -0.1) is 0 Å². The molecule has 29 heavy (non-hydrogen) atoms. The molecule has 6 heteroatoms. The Morgan fingerprint density at radius 3 is 2.52 bits per heavy atom. The molecule has 0 saturated carbocycles. The van der Waals surface area contributed by atoms with E-state index in [2.05, 4.69) is 10.2 Å². The lowest BCUT2D eigenvalue weighted by molar-refractivity contribution is 0.0645. The Morgan fingerprint density at radius 2 is 1.83 bits per heavy atom. The zero-order valence-electron chi connectivity index (χ0n) is 15.7. The predicted molar refractivity (Wildman–Crippen MR) is 105 cm³/mol. The average Bonchev–Trinajstić information content (AvgIpc) is 3.12. The number of carbonyl (C=O) groups is 1.